The first kappa shape index (κ1) is 42.4. The second-order valence-electron chi connectivity index (χ2n) is 16.8. The predicted molar refractivity (Wildman–Crippen MR) is 251 cm³/mol. The maximum absolute atomic E-state index is 6.42. The van der Waals surface area contributed by atoms with E-state index in [1.807, 2.05) is 18.3 Å². The largest absolute Gasteiger partial charge is 0.501 e. The van der Waals surface area contributed by atoms with Gasteiger partial charge in [-0.1, -0.05) is 184 Å². The standard InChI is InChI=1S/C32H24NO.C23H26NSi.Ir/c1-21-13-15-27(29-20-25(17-18-33-29)22(2)23-9-5-3-6-10-23)32-31(21)28-19-26(14-16-30(28)34-32)24-11-7-4-8-12-24;1-17(2)21-15-22(24-16-23(21)25(3,4)5)20-13-11-19(12-14-20)18-9-7-6-8-10-18;/h3-14,16-20,22H,1-2H3;6-13,15-17H,1-5H3;/q2*-1;. The molecule has 0 spiro atoms. The van der Waals surface area contributed by atoms with Crippen molar-refractivity contribution in [2.45, 2.75) is 59.2 Å². The summed E-state index contributed by atoms with van der Waals surface area (Å²) in [5.74, 6) is 0.778. The van der Waals surface area contributed by atoms with Crippen molar-refractivity contribution in [3.8, 4) is 44.8 Å². The van der Waals surface area contributed by atoms with Crippen LogP contribution in [0.4, 0.5) is 0 Å². The summed E-state index contributed by atoms with van der Waals surface area (Å²) in [6.07, 6.45) is 4.00. The minimum atomic E-state index is -1.39. The number of hydrogen-bond acceptors (Lipinski definition) is 3. The predicted octanol–water partition coefficient (Wildman–Crippen LogP) is 14.5. The SMILES string of the molecule is CC(C)c1cc(-c2[c-]cc(-c3ccccc3)cc2)ncc1[Si](C)(C)C.Cc1c[c-]c(-c2cc(C(C)c3ccccc3)ccn2)c2oc3ccc(-c4ccccc4)cc3c12.[Ir]. The smallest absolute Gasteiger partial charge is 0.121 e. The van der Waals surface area contributed by atoms with E-state index < -0.39 is 8.07 Å². The zero-order valence-electron chi connectivity index (χ0n) is 35.4. The van der Waals surface area contributed by atoms with Crippen LogP contribution in [0.2, 0.25) is 19.6 Å². The quantitative estimate of drug-likeness (QED) is 0.112. The average Bonchev–Trinajstić information content (AvgIpc) is 3.67. The third-order valence-corrected chi connectivity index (χ3v) is 13.3. The Hall–Kier alpha value is -5.71. The van der Waals surface area contributed by atoms with Crippen LogP contribution in [0.5, 0.6) is 0 Å². The first-order valence-corrected chi connectivity index (χ1v) is 24.1. The Morgan fingerprint density at radius 2 is 1.25 bits per heavy atom. The van der Waals surface area contributed by atoms with Gasteiger partial charge in [0.25, 0.3) is 0 Å². The van der Waals surface area contributed by atoms with Crippen LogP contribution in [0, 0.1) is 19.1 Å². The van der Waals surface area contributed by atoms with E-state index in [4.69, 9.17) is 14.4 Å². The molecule has 1 atom stereocenters. The molecule has 0 saturated carbocycles. The van der Waals surface area contributed by atoms with Crippen molar-refractivity contribution in [3.05, 3.63) is 198 Å². The van der Waals surface area contributed by atoms with Gasteiger partial charge < -0.3 is 14.4 Å². The maximum Gasteiger partial charge on any atom is 0.121 e. The van der Waals surface area contributed by atoms with Gasteiger partial charge in [-0.3, -0.25) is 0 Å². The molecule has 0 bridgehead atoms. The number of fused-ring (bicyclic) bond motifs is 3. The van der Waals surface area contributed by atoms with E-state index in [2.05, 4.69) is 205 Å². The molecule has 1 unspecified atom stereocenters. The number of rotatable bonds is 8. The molecular formula is C55H50IrN2OSi-2. The summed E-state index contributed by atoms with van der Waals surface area (Å²) in [5, 5.41) is 3.72. The molecule has 3 heterocycles. The second-order valence-corrected chi connectivity index (χ2v) is 21.8. The molecule has 301 valence electrons. The Balaban J connectivity index is 0.000000187. The van der Waals surface area contributed by atoms with Gasteiger partial charge in [0.15, 0.2) is 0 Å². The Kier molecular flexibility index (Phi) is 12.9. The van der Waals surface area contributed by atoms with Gasteiger partial charge in [-0.15, -0.1) is 47.5 Å². The number of hydrogen-bond donors (Lipinski definition) is 0. The number of pyridine rings is 2. The number of nitrogens with zero attached hydrogens (tertiary/aromatic N) is 2. The van der Waals surface area contributed by atoms with Crippen LogP contribution >= 0.6 is 0 Å². The van der Waals surface area contributed by atoms with E-state index in [0.717, 1.165) is 50.0 Å². The molecule has 0 aliphatic heterocycles. The van der Waals surface area contributed by atoms with Gasteiger partial charge in [0.1, 0.15) is 5.58 Å². The van der Waals surface area contributed by atoms with Crippen molar-refractivity contribution in [1.82, 2.24) is 9.97 Å². The Labute approximate surface area is 370 Å². The molecule has 0 N–H and O–H groups in total. The van der Waals surface area contributed by atoms with Crippen LogP contribution in [-0.4, -0.2) is 18.0 Å². The molecule has 0 fully saturated rings. The Morgan fingerprint density at radius 3 is 1.88 bits per heavy atom. The van der Waals surface area contributed by atoms with E-state index in [1.165, 1.54) is 44.1 Å². The molecule has 0 aliphatic rings. The van der Waals surface area contributed by atoms with Crippen LogP contribution in [0.15, 0.2) is 168 Å². The van der Waals surface area contributed by atoms with Gasteiger partial charge in [0.05, 0.1) is 13.7 Å². The van der Waals surface area contributed by atoms with Crippen LogP contribution in [0.1, 0.15) is 54.9 Å². The third kappa shape index (κ3) is 9.05. The first-order valence-electron chi connectivity index (χ1n) is 20.6. The maximum atomic E-state index is 6.42. The van der Waals surface area contributed by atoms with Crippen molar-refractivity contribution in [1.29, 1.82) is 0 Å². The summed E-state index contributed by atoms with van der Waals surface area (Å²) in [5.41, 5.74) is 15.5. The summed E-state index contributed by atoms with van der Waals surface area (Å²) in [7, 11) is -1.39. The van der Waals surface area contributed by atoms with E-state index in [0.29, 0.717) is 5.92 Å². The second kappa shape index (κ2) is 18.3. The Bertz CT molecular complexity index is 2850. The van der Waals surface area contributed by atoms with Crippen LogP contribution in [0.25, 0.3) is 66.7 Å². The topological polar surface area (TPSA) is 38.9 Å². The molecule has 1 radical (unpaired) electrons. The van der Waals surface area contributed by atoms with Gasteiger partial charge in [-0.25, -0.2) is 0 Å². The molecule has 9 rings (SSSR count). The monoisotopic (exact) mass is 975 g/mol. The van der Waals surface area contributed by atoms with E-state index in [-0.39, 0.29) is 26.0 Å². The summed E-state index contributed by atoms with van der Waals surface area (Å²) in [6.45, 7) is 16.0. The minimum absolute atomic E-state index is 0. The third-order valence-electron chi connectivity index (χ3n) is 11.3. The van der Waals surface area contributed by atoms with Gasteiger partial charge in [-0.05, 0) is 62.9 Å². The van der Waals surface area contributed by atoms with Crippen molar-refractivity contribution in [2.75, 3.05) is 0 Å². The zero-order chi connectivity index (χ0) is 41.1. The first-order chi connectivity index (χ1) is 28.5. The van der Waals surface area contributed by atoms with Gasteiger partial charge in [0, 0.05) is 43.8 Å². The Morgan fingerprint density at radius 1 is 0.600 bits per heavy atom. The molecule has 6 aromatic carbocycles. The van der Waals surface area contributed by atoms with Crippen LogP contribution in [-0.2, 0) is 20.1 Å². The minimum Gasteiger partial charge on any atom is -0.501 e. The fourth-order valence-corrected chi connectivity index (χ4v) is 9.57. The van der Waals surface area contributed by atoms with Crippen LogP contribution < -0.4 is 5.19 Å². The fourth-order valence-electron chi connectivity index (χ4n) is 7.89. The van der Waals surface area contributed by atoms with Crippen molar-refractivity contribution < 1.29 is 24.5 Å². The summed E-state index contributed by atoms with van der Waals surface area (Å²) >= 11 is 0. The molecule has 3 aromatic heterocycles. The summed E-state index contributed by atoms with van der Waals surface area (Å²) in [6, 6.07) is 59.7. The van der Waals surface area contributed by atoms with Gasteiger partial charge in [-0.2, -0.15) is 0 Å². The van der Waals surface area contributed by atoms with Crippen LogP contribution in [0.3, 0.4) is 0 Å². The molecule has 0 aliphatic carbocycles. The fraction of sp³-hybridized carbons (Fsp3) is 0.164. The van der Waals surface area contributed by atoms with E-state index in [1.54, 1.807) is 0 Å². The van der Waals surface area contributed by atoms with Gasteiger partial charge in [0.2, 0.25) is 0 Å². The van der Waals surface area contributed by atoms with E-state index in [9.17, 15) is 0 Å². The van der Waals surface area contributed by atoms with Gasteiger partial charge >= 0.3 is 0 Å². The normalized spacial score (nSPS) is 11.9. The molecule has 5 heteroatoms. The zero-order valence-corrected chi connectivity index (χ0v) is 38.8. The summed E-state index contributed by atoms with van der Waals surface area (Å²) < 4.78 is 6.42. The molecule has 9 aromatic rings. The molecule has 0 saturated heterocycles. The number of benzene rings is 6. The molecular weight excluding hydrogens is 925 g/mol. The molecule has 60 heavy (non-hydrogen) atoms. The number of furan rings is 1. The van der Waals surface area contributed by atoms with Crippen molar-refractivity contribution in [3.63, 3.8) is 0 Å². The van der Waals surface area contributed by atoms with E-state index >= 15 is 0 Å². The molecule has 3 nitrogen and oxygen atoms in total. The average molecular weight is 975 g/mol. The number of aryl methyl sites for hydroxylation is 1. The van der Waals surface area contributed by atoms with Crippen molar-refractivity contribution >= 4 is 35.2 Å². The summed E-state index contributed by atoms with van der Waals surface area (Å²) in [4.78, 5) is 9.47. The molecule has 0 amide bonds. The number of aromatic nitrogens is 2. The van der Waals surface area contributed by atoms with Crippen molar-refractivity contribution in [2.24, 2.45) is 0 Å².